The van der Waals surface area contributed by atoms with Crippen LogP contribution in [0.15, 0.2) is 47.6 Å². The molecular weight excluding hydrogens is 680 g/mol. The van der Waals surface area contributed by atoms with Gasteiger partial charge < -0.3 is 29.9 Å². The van der Waals surface area contributed by atoms with Crippen LogP contribution in [0.4, 0.5) is 0 Å². The largest absolute Gasteiger partial charge is 0.507 e. The van der Waals surface area contributed by atoms with E-state index < -0.39 is 11.9 Å². The van der Waals surface area contributed by atoms with Crippen LogP contribution in [0.3, 0.4) is 0 Å². The molecule has 0 aromatic heterocycles. The Labute approximate surface area is 323 Å². The number of rotatable bonds is 11. The van der Waals surface area contributed by atoms with Crippen LogP contribution >= 0.6 is 0 Å². The molecule has 298 valence electrons. The molecule has 8 nitrogen and oxygen atoms in total. The molecule has 2 heterocycles. The topological polar surface area (TPSA) is 134 Å². The minimum Gasteiger partial charge on any atom is -0.507 e. The minimum atomic E-state index is -1.08. The fraction of sp³-hybridized carbons (Fsp3) is 0.609. The van der Waals surface area contributed by atoms with Gasteiger partial charge in [0.25, 0.3) is 0 Å². The number of hydrogen-bond donors (Lipinski definition) is 4. The number of aromatic hydroxyl groups is 2. The number of aliphatic carboxylic acids is 2. The van der Waals surface area contributed by atoms with Gasteiger partial charge in [-0.05, 0) is 128 Å². The number of hydrogen-bond acceptors (Lipinski definition) is 6. The number of fused-ring (bicyclic) bond motifs is 6. The van der Waals surface area contributed by atoms with E-state index in [1.54, 1.807) is 0 Å². The third kappa shape index (κ3) is 10.8. The summed E-state index contributed by atoms with van der Waals surface area (Å²) in [5, 5.41) is 37.2. The number of ether oxygens (including phenoxy) is 2. The summed E-state index contributed by atoms with van der Waals surface area (Å²) >= 11 is 0. The van der Waals surface area contributed by atoms with E-state index in [1.807, 2.05) is 12.1 Å². The molecule has 0 saturated carbocycles. The van der Waals surface area contributed by atoms with Gasteiger partial charge in [-0.3, -0.25) is 9.59 Å². The van der Waals surface area contributed by atoms with Crippen molar-refractivity contribution in [2.75, 3.05) is 0 Å². The summed E-state index contributed by atoms with van der Waals surface area (Å²) < 4.78 is 12.7. The van der Waals surface area contributed by atoms with Crippen molar-refractivity contribution in [3.63, 3.8) is 0 Å². The monoisotopic (exact) mass is 746 g/mol. The number of carboxylic acid groups (broad SMARTS) is 2. The molecule has 2 aromatic carbocycles. The van der Waals surface area contributed by atoms with Crippen LogP contribution in [0.1, 0.15) is 167 Å². The Morgan fingerprint density at radius 3 is 1.35 bits per heavy atom. The third-order valence-corrected chi connectivity index (χ3v) is 11.7. The van der Waals surface area contributed by atoms with Gasteiger partial charge in [0.15, 0.2) is 0 Å². The van der Waals surface area contributed by atoms with Gasteiger partial charge >= 0.3 is 11.9 Å². The highest BCUT2D eigenvalue weighted by Gasteiger charge is 2.46. The maximum Gasteiger partial charge on any atom is 0.303 e. The van der Waals surface area contributed by atoms with Crippen molar-refractivity contribution in [1.82, 2.24) is 0 Å². The first kappa shape index (κ1) is 42.8. The molecular formula is C46H66O8. The second kappa shape index (κ2) is 18.6. The molecule has 8 heteroatoms. The highest BCUT2D eigenvalue weighted by Crippen LogP contribution is 2.55. The molecule has 0 bridgehead atoms. The van der Waals surface area contributed by atoms with Crippen molar-refractivity contribution in [3.05, 3.63) is 69.8 Å². The standard InChI is InChI=1S/2C21H30O2.C4H6O4/c2*1-5-6-7-8-15-12-18(22)20-16-11-14(2)9-10-17(16)21(3,4)23-19(20)13-15;5-3(6)1-2-4(7)8/h2*11-13,16-17,22H,5-10H2,1-4H3;1-2H2,(H,5,6)(H,7,8)/t2*16-,17-;/m11./s1. The van der Waals surface area contributed by atoms with Gasteiger partial charge in [-0.25, -0.2) is 0 Å². The van der Waals surface area contributed by atoms with Crippen molar-refractivity contribution in [2.45, 2.75) is 168 Å². The Kier molecular flexibility index (Phi) is 14.7. The molecule has 0 spiro atoms. The van der Waals surface area contributed by atoms with Crippen molar-refractivity contribution >= 4 is 11.9 Å². The molecule has 2 aliphatic heterocycles. The fourth-order valence-corrected chi connectivity index (χ4v) is 8.82. The smallest absolute Gasteiger partial charge is 0.303 e. The van der Waals surface area contributed by atoms with Crippen LogP contribution in [-0.4, -0.2) is 43.6 Å². The number of phenols is 2. The van der Waals surface area contributed by atoms with E-state index in [9.17, 15) is 19.8 Å². The molecule has 54 heavy (non-hydrogen) atoms. The number of allylic oxidation sites excluding steroid dienone is 4. The Bertz CT molecular complexity index is 1560. The molecule has 2 aromatic rings. The first-order valence-corrected chi connectivity index (χ1v) is 20.3. The summed E-state index contributed by atoms with van der Waals surface area (Å²) in [5.41, 5.74) is 6.91. The first-order chi connectivity index (χ1) is 25.5. The van der Waals surface area contributed by atoms with E-state index in [0.717, 1.165) is 61.2 Å². The van der Waals surface area contributed by atoms with Crippen LogP contribution in [0.5, 0.6) is 23.0 Å². The Morgan fingerprint density at radius 1 is 0.648 bits per heavy atom. The normalized spacial score (nSPS) is 22.7. The van der Waals surface area contributed by atoms with E-state index in [0.29, 0.717) is 23.3 Å². The molecule has 4 N–H and O–H groups in total. The molecule has 0 amide bonds. The van der Waals surface area contributed by atoms with Gasteiger partial charge in [-0.15, -0.1) is 0 Å². The highest BCUT2D eigenvalue weighted by atomic mass is 16.5. The predicted octanol–water partition coefficient (Wildman–Crippen LogP) is 11.4. The summed E-state index contributed by atoms with van der Waals surface area (Å²) in [6.45, 7) is 17.6. The lowest BCUT2D eigenvalue weighted by molar-refractivity contribution is -0.143. The number of carboxylic acids is 2. The zero-order valence-electron chi connectivity index (χ0n) is 34.1. The Morgan fingerprint density at radius 2 is 1.02 bits per heavy atom. The SMILES string of the molecule is CCCCCc1cc(O)c2c(c1)OC(C)(C)[C@@H]1CCC(C)=C[C@@H]21.CCCCCc1cc(O)c2c(c1)OC(C)(C)[C@@H]1CCC(C)=C[C@@H]21.O=C(O)CCC(=O)O. The zero-order valence-corrected chi connectivity index (χ0v) is 34.1. The van der Waals surface area contributed by atoms with Crippen LogP contribution in [-0.2, 0) is 22.4 Å². The number of carbonyl (C=O) groups is 2. The molecule has 0 unspecified atom stereocenters. The number of phenolic OH excluding ortho intramolecular Hbond substituents is 2. The lowest BCUT2D eigenvalue weighted by Crippen LogP contribution is -2.45. The van der Waals surface area contributed by atoms with Crippen molar-refractivity contribution in [1.29, 1.82) is 0 Å². The van der Waals surface area contributed by atoms with E-state index in [4.69, 9.17) is 19.7 Å². The average Bonchev–Trinajstić information content (AvgIpc) is 3.07. The second-order valence-corrected chi connectivity index (χ2v) is 17.0. The van der Waals surface area contributed by atoms with Gasteiger partial charge in [-0.1, -0.05) is 62.8 Å². The highest BCUT2D eigenvalue weighted by molar-refractivity contribution is 5.75. The summed E-state index contributed by atoms with van der Waals surface area (Å²) in [4.78, 5) is 19.3. The Balaban J connectivity index is 0.000000201. The van der Waals surface area contributed by atoms with Gasteiger partial charge in [0.05, 0.1) is 12.8 Å². The van der Waals surface area contributed by atoms with Crippen molar-refractivity contribution in [2.24, 2.45) is 11.8 Å². The third-order valence-electron chi connectivity index (χ3n) is 11.7. The predicted molar refractivity (Wildman–Crippen MR) is 215 cm³/mol. The summed E-state index contributed by atoms with van der Waals surface area (Å²) in [6.07, 6.45) is 17.9. The average molecular weight is 747 g/mol. The lowest BCUT2D eigenvalue weighted by atomic mass is 9.68. The molecule has 0 fully saturated rings. The van der Waals surface area contributed by atoms with Gasteiger partial charge in [0, 0.05) is 34.8 Å². The molecule has 4 atom stereocenters. The number of aryl methyl sites for hydroxylation is 2. The van der Waals surface area contributed by atoms with Gasteiger partial charge in [0.1, 0.15) is 34.2 Å². The van der Waals surface area contributed by atoms with Crippen LogP contribution in [0.2, 0.25) is 0 Å². The van der Waals surface area contributed by atoms with E-state index in [1.165, 1.54) is 60.8 Å². The second-order valence-electron chi connectivity index (χ2n) is 17.0. The lowest BCUT2D eigenvalue weighted by Gasteiger charge is -2.46. The molecule has 2 aliphatic carbocycles. The van der Waals surface area contributed by atoms with Crippen LogP contribution in [0, 0.1) is 11.8 Å². The maximum absolute atomic E-state index is 10.7. The van der Waals surface area contributed by atoms with Crippen molar-refractivity contribution < 1.29 is 39.5 Å². The number of unbranched alkanes of at least 4 members (excludes halogenated alkanes) is 4. The zero-order chi connectivity index (χ0) is 39.8. The Hall–Kier alpha value is -3.94. The first-order valence-electron chi connectivity index (χ1n) is 20.3. The van der Waals surface area contributed by atoms with Crippen LogP contribution in [0.25, 0.3) is 0 Å². The van der Waals surface area contributed by atoms with E-state index >= 15 is 0 Å². The molecule has 0 radical (unpaired) electrons. The van der Waals surface area contributed by atoms with E-state index in [-0.39, 0.29) is 35.9 Å². The summed E-state index contributed by atoms with van der Waals surface area (Å²) in [5.74, 6) is 1.93. The maximum atomic E-state index is 10.7. The molecule has 6 rings (SSSR count). The summed E-state index contributed by atoms with van der Waals surface area (Å²) in [7, 11) is 0. The molecule has 4 aliphatic rings. The quantitative estimate of drug-likeness (QED) is 0.132. The molecule has 0 saturated heterocycles. The van der Waals surface area contributed by atoms with Gasteiger partial charge in [0.2, 0.25) is 0 Å². The fourth-order valence-electron chi connectivity index (χ4n) is 8.82. The van der Waals surface area contributed by atoms with Crippen LogP contribution < -0.4 is 9.47 Å². The van der Waals surface area contributed by atoms with Gasteiger partial charge in [-0.2, -0.15) is 0 Å². The summed E-state index contributed by atoms with van der Waals surface area (Å²) in [6, 6.07) is 8.26. The number of benzene rings is 2. The van der Waals surface area contributed by atoms with E-state index in [2.05, 4.69) is 79.7 Å². The van der Waals surface area contributed by atoms with Crippen molar-refractivity contribution in [3.8, 4) is 23.0 Å². The minimum absolute atomic E-state index is 0.177.